The molecule has 6 nitrogen and oxygen atoms in total. The summed E-state index contributed by atoms with van der Waals surface area (Å²) in [5.41, 5.74) is 4.38. The number of carbonyl (C=O) groups is 2. The van der Waals surface area contributed by atoms with Crippen molar-refractivity contribution >= 4 is 17.5 Å². The van der Waals surface area contributed by atoms with Gasteiger partial charge in [-0.3, -0.25) is 14.5 Å². The minimum absolute atomic E-state index is 0.0138. The second-order valence-electron chi connectivity index (χ2n) is 8.39. The van der Waals surface area contributed by atoms with Crippen LogP contribution in [0, 0.1) is 12.3 Å². The van der Waals surface area contributed by atoms with E-state index in [-0.39, 0.29) is 30.4 Å². The summed E-state index contributed by atoms with van der Waals surface area (Å²) in [5.74, 6) is 2.64. The molecule has 0 saturated carbocycles. The second-order valence-corrected chi connectivity index (χ2v) is 8.39. The molecule has 160 valence electrons. The molecule has 2 N–H and O–H groups in total. The molecule has 2 atom stereocenters. The van der Waals surface area contributed by atoms with Crippen molar-refractivity contribution in [1.82, 2.24) is 9.80 Å². The number of likely N-dealkylation sites (tertiary alicyclic amines) is 1. The van der Waals surface area contributed by atoms with E-state index in [1.54, 1.807) is 4.90 Å². The maximum Gasteiger partial charge on any atom is 0.228 e. The molecule has 0 radical (unpaired) electrons. The van der Waals surface area contributed by atoms with Crippen LogP contribution in [-0.4, -0.2) is 59.5 Å². The average Bonchev–Trinajstić information content (AvgIpc) is 3.35. The molecule has 0 aromatic heterocycles. The molecular weight excluding hydrogens is 390 g/mol. The van der Waals surface area contributed by atoms with Gasteiger partial charge in [0, 0.05) is 37.9 Å². The van der Waals surface area contributed by atoms with Crippen molar-refractivity contribution in [2.24, 2.45) is 0 Å². The number of benzene rings is 2. The molecule has 2 aliphatic heterocycles. The van der Waals surface area contributed by atoms with Gasteiger partial charge in [-0.2, -0.15) is 0 Å². The van der Waals surface area contributed by atoms with E-state index in [4.69, 9.17) is 6.42 Å². The van der Waals surface area contributed by atoms with E-state index in [9.17, 15) is 14.7 Å². The fourth-order valence-corrected chi connectivity index (χ4v) is 4.35. The number of β-amino-alcohol motifs (C(OH)–C–C–N with tert-alkyl or cyclic N) is 1. The minimum atomic E-state index is -0.319. The van der Waals surface area contributed by atoms with E-state index < -0.39 is 0 Å². The summed E-state index contributed by atoms with van der Waals surface area (Å²) >= 11 is 0. The first-order valence-electron chi connectivity index (χ1n) is 10.6. The van der Waals surface area contributed by atoms with Gasteiger partial charge in [0.15, 0.2) is 0 Å². The summed E-state index contributed by atoms with van der Waals surface area (Å²) in [7, 11) is 1.82. The number of rotatable bonds is 6. The van der Waals surface area contributed by atoms with E-state index in [0.717, 1.165) is 40.9 Å². The summed E-state index contributed by atoms with van der Waals surface area (Å²) in [6.07, 6.45) is 6.65. The highest BCUT2D eigenvalue weighted by atomic mass is 16.3. The molecule has 1 fully saturated rings. The number of nitrogens with zero attached hydrogens (tertiary/aromatic N) is 2. The molecule has 2 aliphatic rings. The molecule has 0 bridgehead atoms. The van der Waals surface area contributed by atoms with Gasteiger partial charge in [-0.1, -0.05) is 30.2 Å². The molecule has 4 rings (SSSR count). The zero-order valence-corrected chi connectivity index (χ0v) is 17.7. The number of nitrogens with one attached hydrogen (secondary N) is 1. The predicted octanol–water partition coefficient (Wildman–Crippen LogP) is 1.97. The minimum Gasteiger partial charge on any atom is -0.392 e. The molecule has 0 aliphatic carbocycles. The molecule has 31 heavy (non-hydrogen) atoms. The third-order valence-electron chi connectivity index (χ3n) is 6.13. The van der Waals surface area contributed by atoms with Crippen LogP contribution < -0.4 is 5.32 Å². The van der Waals surface area contributed by atoms with Gasteiger partial charge < -0.3 is 15.3 Å². The van der Waals surface area contributed by atoms with Crippen LogP contribution in [0.25, 0.3) is 0 Å². The van der Waals surface area contributed by atoms with E-state index in [0.29, 0.717) is 19.5 Å². The first kappa shape index (κ1) is 21.1. The molecule has 0 spiro atoms. The zero-order valence-electron chi connectivity index (χ0n) is 17.7. The van der Waals surface area contributed by atoms with Crippen molar-refractivity contribution in [2.45, 2.75) is 31.4 Å². The lowest BCUT2D eigenvalue weighted by atomic mass is 10.0. The van der Waals surface area contributed by atoms with E-state index >= 15 is 0 Å². The van der Waals surface area contributed by atoms with Crippen molar-refractivity contribution in [2.75, 3.05) is 32.0 Å². The Balaban J connectivity index is 1.53. The zero-order chi connectivity index (χ0) is 22.0. The number of hydrogen-bond acceptors (Lipinski definition) is 4. The van der Waals surface area contributed by atoms with Crippen LogP contribution in [0.15, 0.2) is 42.5 Å². The number of aliphatic hydroxyl groups is 1. The quantitative estimate of drug-likeness (QED) is 0.705. The van der Waals surface area contributed by atoms with Crippen LogP contribution in [0.2, 0.25) is 0 Å². The molecule has 2 aromatic carbocycles. The van der Waals surface area contributed by atoms with Crippen molar-refractivity contribution in [3.05, 3.63) is 64.7 Å². The van der Waals surface area contributed by atoms with E-state index in [1.165, 1.54) is 0 Å². The maximum absolute atomic E-state index is 13.2. The maximum atomic E-state index is 13.2. The highest BCUT2D eigenvalue weighted by Gasteiger charge is 2.28. The van der Waals surface area contributed by atoms with Crippen LogP contribution in [0.5, 0.6) is 0 Å². The number of likely N-dealkylation sites (N-methyl/N-ethyl adjacent to an activating group) is 1. The highest BCUT2D eigenvalue weighted by Crippen LogP contribution is 2.27. The summed E-state index contributed by atoms with van der Waals surface area (Å²) in [6.45, 7) is 2.05. The molecular formula is C25H27N3O3. The first-order chi connectivity index (χ1) is 14.9. The Morgan fingerprint density at radius 1 is 1.35 bits per heavy atom. The third kappa shape index (κ3) is 4.79. The highest BCUT2D eigenvalue weighted by molar-refractivity contribution is 5.99. The number of aliphatic hydroxyl groups excluding tert-OH is 1. The molecule has 2 aromatic rings. The van der Waals surface area contributed by atoms with Crippen molar-refractivity contribution in [1.29, 1.82) is 0 Å². The lowest BCUT2D eigenvalue weighted by Crippen LogP contribution is -2.39. The Morgan fingerprint density at radius 3 is 2.94 bits per heavy atom. The standard InChI is InChI=1S/C25H27N3O3/c1-3-17-5-4-6-20(11-17)23(16-28-10-9-21(29)15-28)27(2)25(31)13-18-7-8-19-14-24(30)26-22(19)12-18/h1,4-8,11-12,21,23,29H,9-10,13-16H2,2H3,(H,26,30)/t21-,23?/m0/s1. The largest absolute Gasteiger partial charge is 0.392 e. The number of anilines is 1. The van der Waals surface area contributed by atoms with E-state index in [1.807, 2.05) is 49.5 Å². The molecule has 2 heterocycles. The van der Waals surface area contributed by atoms with Crippen LogP contribution >= 0.6 is 0 Å². The van der Waals surface area contributed by atoms with Gasteiger partial charge in [-0.15, -0.1) is 6.42 Å². The number of carbonyl (C=O) groups excluding carboxylic acids is 2. The van der Waals surface area contributed by atoms with Gasteiger partial charge in [-0.25, -0.2) is 0 Å². The number of fused-ring (bicyclic) bond motifs is 1. The normalized spacial score (nSPS) is 18.9. The van der Waals surface area contributed by atoms with Crippen LogP contribution in [0.1, 0.15) is 34.7 Å². The molecule has 1 unspecified atom stereocenters. The molecule has 2 amide bonds. The average molecular weight is 418 g/mol. The lowest BCUT2D eigenvalue weighted by molar-refractivity contribution is -0.131. The van der Waals surface area contributed by atoms with Crippen molar-refractivity contribution < 1.29 is 14.7 Å². The number of terminal acetylenes is 1. The second kappa shape index (κ2) is 8.93. The fourth-order valence-electron chi connectivity index (χ4n) is 4.35. The monoisotopic (exact) mass is 417 g/mol. The Kier molecular flexibility index (Phi) is 6.08. The third-order valence-corrected chi connectivity index (χ3v) is 6.13. The van der Waals surface area contributed by atoms with Gasteiger partial charge in [0.2, 0.25) is 11.8 Å². The van der Waals surface area contributed by atoms with Crippen molar-refractivity contribution in [3.63, 3.8) is 0 Å². The van der Waals surface area contributed by atoms with Gasteiger partial charge in [0.05, 0.1) is 25.0 Å². The smallest absolute Gasteiger partial charge is 0.228 e. The van der Waals surface area contributed by atoms with Gasteiger partial charge in [-0.05, 0) is 41.3 Å². The molecule has 6 heteroatoms. The van der Waals surface area contributed by atoms with Gasteiger partial charge in [0.1, 0.15) is 0 Å². The fraction of sp³-hybridized carbons (Fsp3) is 0.360. The number of amides is 2. The Hall–Kier alpha value is -3.14. The summed E-state index contributed by atoms with van der Waals surface area (Å²) in [5, 5.41) is 12.8. The van der Waals surface area contributed by atoms with Crippen LogP contribution in [0.3, 0.4) is 0 Å². The first-order valence-corrected chi connectivity index (χ1v) is 10.6. The Bertz CT molecular complexity index is 1040. The van der Waals surface area contributed by atoms with Gasteiger partial charge >= 0.3 is 0 Å². The lowest BCUT2D eigenvalue weighted by Gasteiger charge is -2.32. The Labute approximate surface area is 182 Å². The van der Waals surface area contributed by atoms with Crippen molar-refractivity contribution in [3.8, 4) is 12.3 Å². The Morgan fingerprint density at radius 2 is 2.19 bits per heavy atom. The van der Waals surface area contributed by atoms with Crippen LogP contribution in [0.4, 0.5) is 5.69 Å². The summed E-state index contributed by atoms with van der Waals surface area (Å²) in [6, 6.07) is 13.3. The number of hydrogen-bond donors (Lipinski definition) is 2. The molecule has 1 saturated heterocycles. The summed E-state index contributed by atoms with van der Waals surface area (Å²) < 4.78 is 0. The summed E-state index contributed by atoms with van der Waals surface area (Å²) in [4.78, 5) is 28.8. The topological polar surface area (TPSA) is 72.9 Å². The van der Waals surface area contributed by atoms with E-state index in [2.05, 4.69) is 16.1 Å². The predicted molar refractivity (Wildman–Crippen MR) is 119 cm³/mol. The SMILES string of the molecule is C#Cc1cccc(C(CN2CC[C@H](O)C2)N(C)C(=O)Cc2ccc3c(c2)NC(=O)C3)c1. The van der Waals surface area contributed by atoms with Crippen LogP contribution in [-0.2, 0) is 22.4 Å². The van der Waals surface area contributed by atoms with Gasteiger partial charge in [0.25, 0.3) is 0 Å².